The van der Waals surface area contributed by atoms with Crippen molar-refractivity contribution in [3.8, 4) is 0 Å². The van der Waals surface area contributed by atoms with Gasteiger partial charge >= 0.3 is 0 Å². The molecular weight excluding hydrogens is 243 g/mol. The van der Waals surface area contributed by atoms with Crippen LogP contribution in [0.3, 0.4) is 0 Å². The number of carbonyl (C=O) groups is 1. The van der Waals surface area contributed by atoms with E-state index >= 15 is 0 Å². The van der Waals surface area contributed by atoms with Crippen LogP contribution in [0.5, 0.6) is 0 Å². The van der Waals surface area contributed by atoms with Gasteiger partial charge in [0, 0.05) is 12.2 Å². The van der Waals surface area contributed by atoms with Crippen LogP contribution in [-0.2, 0) is 4.79 Å². The van der Waals surface area contributed by atoms with Gasteiger partial charge in [0.05, 0.1) is 5.41 Å². The van der Waals surface area contributed by atoms with Crippen molar-refractivity contribution < 1.29 is 9.18 Å². The number of aryl methyl sites for hydroxylation is 1. The summed E-state index contributed by atoms with van der Waals surface area (Å²) in [6.45, 7) is 5.40. The summed E-state index contributed by atoms with van der Waals surface area (Å²) in [6.07, 6.45) is 2.68. The summed E-state index contributed by atoms with van der Waals surface area (Å²) >= 11 is 0. The average Bonchev–Trinajstić information content (AvgIpc) is 2.43. The number of hydrogen-bond donors (Lipinski definition) is 2. The normalized spacial score (nSPS) is 23.1. The third kappa shape index (κ3) is 2.95. The Morgan fingerprint density at radius 2 is 2.32 bits per heavy atom. The van der Waals surface area contributed by atoms with E-state index in [4.69, 9.17) is 0 Å². The third-order valence-electron chi connectivity index (χ3n) is 4.06. The smallest absolute Gasteiger partial charge is 0.231 e. The third-order valence-corrected chi connectivity index (χ3v) is 4.06. The van der Waals surface area contributed by atoms with Crippen molar-refractivity contribution in [2.45, 2.75) is 33.1 Å². The molecule has 2 rings (SSSR count). The number of nitrogens with one attached hydrogen (secondary N) is 2. The molecule has 19 heavy (non-hydrogen) atoms. The molecule has 1 heterocycles. The second-order valence-electron chi connectivity index (χ2n) is 5.33. The maximum absolute atomic E-state index is 13.5. The Hall–Kier alpha value is -1.42. The summed E-state index contributed by atoms with van der Waals surface area (Å²) in [5, 5.41) is 6.13. The monoisotopic (exact) mass is 264 g/mol. The molecule has 0 bridgehead atoms. The summed E-state index contributed by atoms with van der Waals surface area (Å²) in [7, 11) is 0. The van der Waals surface area contributed by atoms with Gasteiger partial charge in [-0.15, -0.1) is 0 Å². The van der Waals surface area contributed by atoms with Gasteiger partial charge in [0.25, 0.3) is 0 Å². The van der Waals surface area contributed by atoms with E-state index in [1.165, 1.54) is 6.07 Å². The largest absolute Gasteiger partial charge is 0.325 e. The maximum Gasteiger partial charge on any atom is 0.231 e. The quantitative estimate of drug-likeness (QED) is 0.881. The van der Waals surface area contributed by atoms with E-state index in [2.05, 4.69) is 10.6 Å². The number of benzene rings is 1. The van der Waals surface area contributed by atoms with Gasteiger partial charge in [-0.05, 0) is 50.4 Å². The molecule has 3 nitrogen and oxygen atoms in total. The van der Waals surface area contributed by atoms with Gasteiger partial charge < -0.3 is 10.6 Å². The molecule has 1 fully saturated rings. The second kappa shape index (κ2) is 5.70. The number of piperidine rings is 1. The highest BCUT2D eigenvalue weighted by atomic mass is 19.1. The van der Waals surface area contributed by atoms with Gasteiger partial charge in [-0.3, -0.25) is 4.79 Å². The Morgan fingerprint density at radius 1 is 1.53 bits per heavy atom. The van der Waals surface area contributed by atoms with Crippen molar-refractivity contribution >= 4 is 11.6 Å². The Morgan fingerprint density at radius 3 is 2.89 bits per heavy atom. The zero-order valence-electron chi connectivity index (χ0n) is 11.6. The molecule has 4 heteroatoms. The molecule has 0 spiro atoms. The lowest BCUT2D eigenvalue weighted by atomic mass is 9.77. The van der Waals surface area contributed by atoms with Crippen molar-refractivity contribution in [1.29, 1.82) is 0 Å². The first kappa shape index (κ1) is 14.0. The number of hydrogen-bond acceptors (Lipinski definition) is 2. The SMILES string of the molecule is CCC1(C(=O)Nc2ccc(C)c(F)c2)CCCNC1. The number of rotatable bonds is 3. The number of amides is 1. The van der Waals surface area contributed by atoms with E-state index in [9.17, 15) is 9.18 Å². The van der Waals surface area contributed by atoms with Crippen LogP contribution in [-0.4, -0.2) is 19.0 Å². The predicted molar refractivity (Wildman–Crippen MR) is 74.6 cm³/mol. The van der Waals surface area contributed by atoms with Crippen molar-refractivity contribution in [3.05, 3.63) is 29.6 Å². The van der Waals surface area contributed by atoms with E-state index in [0.29, 0.717) is 17.8 Å². The number of halogens is 1. The fraction of sp³-hybridized carbons (Fsp3) is 0.533. The molecule has 1 saturated heterocycles. The molecule has 1 unspecified atom stereocenters. The van der Waals surface area contributed by atoms with Crippen LogP contribution in [0.25, 0.3) is 0 Å². The van der Waals surface area contributed by atoms with Crippen molar-refractivity contribution in [2.75, 3.05) is 18.4 Å². The molecule has 0 aliphatic carbocycles. The fourth-order valence-corrected chi connectivity index (χ4v) is 2.56. The topological polar surface area (TPSA) is 41.1 Å². The molecule has 0 radical (unpaired) electrons. The van der Waals surface area contributed by atoms with Gasteiger partial charge in [-0.2, -0.15) is 0 Å². The minimum Gasteiger partial charge on any atom is -0.325 e. The Balaban J connectivity index is 2.12. The van der Waals surface area contributed by atoms with Crippen LogP contribution in [0, 0.1) is 18.2 Å². The second-order valence-corrected chi connectivity index (χ2v) is 5.33. The molecule has 0 aromatic heterocycles. The summed E-state index contributed by atoms with van der Waals surface area (Å²) in [6, 6.07) is 4.81. The number of carbonyl (C=O) groups excluding carboxylic acids is 1. The highest BCUT2D eigenvalue weighted by Crippen LogP contribution is 2.31. The van der Waals surface area contributed by atoms with Gasteiger partial charge in [0.15, 0.2) is 0 Å². The lowest BCUT2D eigenvalue weighted by Crippen LogP contribution is -2.47. The van der Waals surface area contributed by atoms with Gasteiger partial charge in [-0.25, -0.2) is 4.39 Å². The summed E-state index contributed by atoms with van der Waals surface area (Å²) in [4.78, 5) is 12.4. The summed E-state index contributed by atoms with van der Waals surface area (Å²) in [5.74, 6) is -0.296. The Bertz CT molecular complexity index is 467. The van der Waals surface area contributed by atoms with Crippen LogP contribution in [0.4, 0.5) is 10.1 Å². The van der Waals surface area contributed by atoms with Crippen LogP contribution in [0.1, 0.15) is 31.7 Å². The molecule has 1 amide bonds. The molecule has 1 aliphatic heterocycles. The molecule has 2 N–H and O–H groups in total. The number of anilines is 1. The molecule has 1 aromatic carbocycles. The lowest BCUT2D eigenvalue weighted by Gasteiger charge is -2.35. The van der Waals surface area contributed by atoms with Crippen LogP contribution < -0.4 is 10.6 Å². The Kier molecular flexibility index (Phi) is 4.20. The van der Waals surface area contributed by atoms with Crippen LogP contribution in [0.15, 0.2) is 18.2 Å². The fourth-order valence-electron chi connectivity index (χ4n) is 2.56. The van der Waals surface area contributed by atoms with Crippen molar-refractivity contribution in [1.82, 2.24) is 5.32 Å². The lowest BCUT2D eigenvalue weighted by molar-refractivity contribution is -0.126. The molecule has 1 atom stereocenters. The summed E-state index contributed by atoms with van der Waals surface area (Å²) < 4.78 is 13.5. The first-order valence-electron chi connectivity index (χ1n) is 6.86. The van der Waals surface area contributed by atoms with Crippen LogP contribution >= 0.6 is 0 Å². The Labute approximate surface area is 113 Å². The van der Waals surface area contributed by atoms with Gasteiger partial charge in [0.2, 0.25) is 5.91 Å². The van der Waals surface area contributed by atoms with E-state index in [1.807, 2.05) is 6.92 Å². The molecular formula is C15H21FN2O. The van der Waals surface area contributed by atoms with E-state index in [1.54, 1.807) is 19.1 Å². The summed E-state index contributed by atoms with van der Waals surface area (Å²) in [5.41, 5.74) is 0.758. The first-order valence-corrected chi connectivity index (χ1v) is 6.86. The molecule has 1 aromatic rings. The van der Waals surface area contributed by atoms with Crippen molar-refractivity contribution in [2.24, 2.45) is 5.41 Å². The zero-order chi connectivity index (χ0) is 13.9. The standard InChI is InChI=1S/C15H21FN2O/c1-3-15(7-4-8-17-10-15)14(19)18-12-6-5-11(2)13(16)9-12/h5-6,9,17H,3-4,7-8,10H2,1-2H3,(H,18,19). The molecule has 1 aliphatic rings. The van der Waals surface area contributed by atoms with Crippen LogP contribution in [0.2, 0.25) is 0 Å². The maximum atomic E-state index is 13.5. The van der Waals surface area contributed by atoms with E-state index in [-0.39, 0.29) is 17.1 Å². The predicted octanol–water partition coefficient (Wildman–Crippen LogP) is 2.85. The van der Waals surface area contributed by atoms with Crippen molar-refractivity contribution in [3.63, 3.8) is 0 Å². The zero-order valence-corrected chi connectivity index (χ0v) is 11.6. The highest BCUT2D eigenvalue weighted by Gasteiger charge is 2.37. The minimum absolute atomic E-state index is 0.00884. The average molecular weight is 264 g/mol. The van der Waals surface area contributed by atoms with E-state index in [0.717, 1.165) is 25.8 Å². The molecule has 0 saturated carbocycles. The van der Waals surface area contributed by atoms with Gasteiger partial charge in [-0.1, -0.05) is 13.0 Å². The first-order chi connectivity index (χ1) is 9.07. The molecule has 104 valence electrons. The minimum atomic E-state index is -0.361. The highest BCUT2D eigenvalue weighted by molar-refractivity contribution is 5.95. The van der Waals surface area contributed by atoms with E-state index < -0.39 is 0 Å². The van der Waals surface area contributed by atoms with Gasteiger partial charge in [0.1, 0.15) is 5.82 Å².